The van der Waals surface area contributed by atoms with Crippen molar-refractivity contribution in [2.45, 2.75) is 25.5 Å². The van der Waals surface area contributed by atoms with E-state index >= 15 is 0 Å². The molecule has 3 rings (SSSR count). The smallest absolute Gasteiger partial charge is 0.312 e. The number of fused-ring (bicyclic) bond motifs is 1. The van der Waals surface area contributed by atoms with Crippen LogP contribution in [0.25, 0.3) is 0 Å². The average molecular weight is 343 g/mol. The lowest BCUT2D eigenvalue weighted by Crippen LogP contribution is -2.45. The molecule has 130 valence electrons. The quantitative estimate of drug-likeness (QED) is 0.927. The Morgan fingerprint density at radius 1 is 1.20 bits per heavy atom. The standard InChI is InChI=1S/C19H18FNO4/c1-12(25-15-8-6-14(20)7-9-15)18(22)21-10-13-4-2-3-5-16(13)17(11-21)19(23)24/h2-9,12,17H,10-11H2,1H3,(H,23,24). The second kappa shape index (κ2) is 6.93. The van der Waals surface area contributed by atoms with Gasteiger partial charge >= 0.3 is 5.97 Å². The Hall–Kier alpha value is -2.89. The van der Waals surface area contributed by atoms with Crippen LogP contribution in [0.1, 0.15) is 24.0 Å². The van der Waals surface area contributed by atoms with Gasteiger partial charge in [-0.15, -0.1) is 0 Å². The molecule has 5 nitrogen and oxygen atoms in total. The molecule has 2 aromatic carbocycles. The molecule has 0 fully saturated rings. The summed E-state index contributed by atoms with van der Waals surface area (Å²) in [6.45, 7) is 2.04. The zero-order chi connectivity index (χ0) is 18.0. The third kappa shape index (κ3) is 3.63. The van der Waals surface area contributed by atoms with Gasteiger partial charge in [-0.2, -0.15) is 0 Å². The van der Waals surface area contributed by atoms with Gasteiger partial charge in [0.1, 0.15) is 11.6 Å². The van der Waals surface area contributed by atoms with Gasteiger partial charge in [-0.1, -0.05) is 24.3 Å². The highest BCUT2D eigenvalue weighted by atomic mass is 19.1. The van der Waals surface area contributed by atoms with Gasteiger partial charge in [0.15, 0.2) is 6.10 Å². The number of carbonyl (C=O) groups excluding carboxylic acids is 1. The summed E-state index contributed by atoms with van der Waals surface area (Å²) in [7, 11) is 0. The number of rotatable bonds is 4. The molecular weight excluding hydrogens is 325 g/mol. The highest BCUT2D eigenvalue weighted by Crippen LogP contribution is 2.29. The van der Waals surface area contributed by atoms with Gasteiger partial charge in [0, 0.05) is 13.1 Å². The van der Waals surface area contributed by atoms with E-state index in [1.54, 1.807) is 19.1 Å². The first-order valence-electron chi connectivity index (χ1n) is 7.97. The van der Waals surface area contributed by atoms with Crippen LogP contribution < -0.4 is 4.74 Å². The molecule has 0 spiro atoms. The van der Waals surface area contributed by atoms with Crippen LogP contribution in [-0.2, 0) is 16.1 Å². The summed E-state index contributed by atoms with van der Waals surface area (Å²) in [5.74, 6) is -2.02. The molecule has 2 atom stereocenters. The van der Waals surface area contributed by atoms with E-state index in [1.807, 2.05) is 12.1 Å². The zero-order valence-corrected chi connectivity index (χ0v) is 13.7. The van der Waals surface area contributed by atoms with Crippen molar-refractivity contribution in [1.82, 2.24) is 4.90 Å². The van der Waals surface area contributed by atoms with Crippen molar-refractivity contribution in [1.29, 1.82) is 0 Å². The van der Waals surface area contributed by atoms with Crippen molar-refractivity contribution in [3.8, 4) is 5.75 Å². The molecule has 0 bridgehead atoms. The highest BCUT2D eigenvalue weighted by molar-refractivity contribution is 5.84. The molecule has 0 saturated heterocycles. The Morgan fingerprint density at radius 3 is 2.56 bits per heavy atom. The van der Waals surface area contributed by atoms with Gasteiger partial charge in [-0.05, 0) is 42.3 Å². The molecule has 1 N–H and O–H groups in total. The average Bonchev–Trinajstić information content (AvgIpc) is 2.61. The van der Waals surface area contributed by atoms with E-state index in [4.69, 9.17) is 4.74 Å². The fraction of sp³-hybridized carbons (Fsp3) is 0.263. The fourth-order valence-electron chi connectivity index (χ4n) is 3.01. The number of hydrogen-bond donors (Lipinski definition) is 1. The molecule has 2 unspecified atom stereocenters. The summed E-state index contributed by atoms with van der Waals surface area (Å²) in [6, 6.07) is 12.6. The minimum absolute atomic E-state index is 0.0995. The number of amides is 1. The Labute approximate surface area is 144 Å². The van der Waals surface area contributed by atoms with Crippen molar-refractivity contribution in [3.05, 3.63) is 65.5 Å². The Kier molecular flexibility index (Phi) is 4.70. The van der Waals surface area contributed by atoms with E-state index < -0.39 is 18.0 Å². The first-order valence-corrected chi connectivity index (χ1v) is 7.97. The van der Waals surface area contributed by atoms with Gasteiger partial charge < -0.3 is 14.7 Å². The molecule has 6 heteroatoms. The van der Waals surface area contributed by atoms with Crippen molar-refractivity contribution in [3.63, 3.8) is 0 Å². The van der Waals surface area contributed by atoms with Crippen molar-refractivity contribution >= 4 is 11.9 Å². The SMILES string of the molecule is CC(Oc1ccc(F)cc1)C(=O)N1Cc2ccccc2C(C(=O)O)C1. The van der Waals surface area contributed by atoms with E-state index in [9.17, 15) is 19.1 Å². The number of aliphatic carboxylic acids is 1. The van der Waals surface area contributed by atoms with Crippen molar-refractivity contribution < 1.29 is 23.8 Å². The van der Waals surface area contributed by atoms with Crippen LogP contribution in [-0.4, -0.2) is 34.5 Å². The molecule has 2 aromatic rings. The van der Waals surface area contributed by atoms with Crippen LogP contribution >= 0.6 is 0 Å². The van der Waals surface area contributed by atoms with Crippen LogP contribution in [0.3, 0.4) is 0 Å². The molecule has 1 heterocycles. The summed E-state index contributed by atoms with van der Waals surface area (Å²) in [4.78, 5) is 25.7. The Balaban J connectivity index is 1.76. The third-order valence-electron chi connectivity index (χ3n) is 4.28. The van der Waals surface area contributed by atoms with Gasteiger partial charge in [0.05, 0.1) is 5.92 Å². The second-order valence-corrected chi connectivity index (χ2v) is 6.02. The lowest BCUT2D eigenvalue weighted by atomic mass is 9.89. The van der Waals surface area contributed by atoms with Gasteiger partial charge in [0.2, 0.25) is 0 Å². The summed E-state index contributed by atoms with van der Waals surface area (Å²) in [6.07, 6.45) is -0.801. The molecule has 1 amide bonds. The summed E-state index contributed by atoms with van der Waals surface area (Å²) >= 11 is 0. The van der Waals surface area contributed by atoms with Crippen LogP contribution in [0.15, 0.2) is 48.5 Å². The molecule has 0 aliphatic carbocycles. The first-order chi connectivity index (χ1) is 12.0. The van der Waals surface area contributed by atoms with E-state index in [0.29, 0.717) is 12.3 Å². The predicted molar refractivity (Wildman–Crippen MR) is 88.7 cm³/mol. The number of carbonyl (C=O) groups is 2. The molecule has 0 saturated carbocycles. The maximum Gasteiger partial charge on any atom is 0.312 e. The lowest BCUT2D eigenvalue weighted by Gasteiger charge is -2.34. The highest BCUT2D eigenvalue weighted by Gasteiger charge is 2.34. The number of ether oxygens (including phenoxy) is 1. The number of nitrogens with zero attached hydrogens (tertiary/aromatic N) is 1. The minimum atomic E-state index is -0.961. The number of hydrogen-bond acceptors (Lipinski definition) is 3. The summed E-state index contributed by atoms with van der Waals surface area (Å²) in [5, 5.41) is 9.48. The van der Waals surface area contributed by atoms with Crippen LogP contribution in [0, 0.1) is 5.82 Å². The largest absolute Gasteiger partial charge is 0.481 e. The van der Waals surface area contributed by atoms with Gasteiger partial charge in [0.25, 0.3) is 5.91 Å². The fourth-order valence-corrected chi connectivity index (χ4v) is 3.01. The summed E-state index contributed by atoms with van der Waals surface area (Å²) in [5.41, 5.74) is 1.56. The van der Waals surface area contributed by atoms with Crippen molar-refractivity contribution in [2.75, 3.05) is 6.54 Å². The molecule has 1 aliphatic rings. The molecule has 0 radical (unpaired) electrons. The number of benzene rings is 2. The maximum atomic E-state index is 12.9. The topological polar surface area (TPSA) is 66.8 Å². The van der Waals surface area contributed by atoms with Gasteiger partial charge in [-0.25, -0.2) is 4.39 Å². The normalized spacial score (nSPS) is 17.5. The van der Waals surface area contributed by atoms with Crippen LogP contribution in [0.2, 0.25) is 0 Å². The van der Waals surface area contributed by atoms with E-state index in [0.717, 1.165) is 11.1 Å². The maximum absolute atomic E-state index is 12.9. The number of carboxylic acids is 1. The Bertz CT molecular complexity index is 790. The predicted octanol–water partition coefficient (Wildman–Crippen LogP) is 2.80. The van der Waals surface area contributed by atoms with E-state index in [-0.39, 0.29) is 18.3 Å². The molecule has 0 aromatic heterocycles. The third-order valence-corrected chi connectivity index (χ3v) is 4.28. The summed E-state index contributed by atoms with van der Waals surface area (Å²) < 4.78 is 18.5. The molecular formula is C19H18FNO4. The number of halogens is 1. The number of carboxylic acid groups (broad SMARTS) is 1. The van der Waals surface area contributed by atoms with E-state index in [1.165, 1.54) is 29.2 Å². The van der Waals surface area contributed by atoms with E-state index in [2.05, 4.69) is 0 Å². The lowest BCUT2D eigenvalue weighted by molar-refractivity contribution is -0.143. The van der Waals surface area contributed by atoms with Crippen LogP contribution in [0.4, 0.5) is 4.39 Å². The second-order valence-electron chi connectivity index (χ2n) is 6.02. The van der Waals surface area contributed by atoms with Gasteiger partial charge in [-0.3, -0.25) is 9.59 Å². The minimum Gasteiger partial charge on any atom is -0.481 e. The Morgan fingerprint density at radius 2 is 1.88 bits per heavy atom. The first kappa shape index (κ1) is 17.0. The van der Waals surface area contributed by atoms with Crippen molar-refractivity contribution in [2.24, 2.45) is 0 Å². The monoisotopic (exact) mass is 343 g/mol. The zero-order valence-electron chi connectivity index (χ0n) is 13.7. The van der Waals surface area contributed by atoms with Crippen LogP contribution in [0.5, 0.6) is 5.75 Å². The molecule has 25 heavy (non-hydrogen) atoms. The molecule has 1 aliphatic heterocycles.